The molecule has 0 radical (unpaired) electrons. The van der Waals surface area contributed by atoms with E-state index in [1.807, 2.05) is 11.0 Å². The summed E-state index contributed by atoms with van der Waals surface area (Å²) in [4.78, 5) is 14.9. The van der Waals surface area contributed by atoms with Crippen molar-refractivity contribution in [3.63, 3.8) is 0 Å². The Morgan fingerprint density at radius 3 is 2.26 bits per heavy atom. The predicted octanol–water partition coefficient (Wildman–Crippen LogP) is 3.63. The molecule has 1 aliphatic rings. The lowest BCUT2D eigenvalue weighted by Crippen LogP contribution is -2.42. The average Bonchev–Trinajstić information content (AvgIpc) is 2.66. The van der Waals surface area contributed by atoms with Crippen molar-refractivity contribution in [1.82, 2.24) is 4.90 Å². The molecule has 2 atom stereocenters. The average molecular weight is 387 g/mol. The fourth-order valence-electron chi connectivity index (χ4n) is 3.74. The van der Waals surface area contributed by atoms with E-state index in [9.17, 15) is 13.2 Å². The summed E-state index contributed by atoms with van der Waals surface area (Å²) in [5.74, 6) is 0.801. The van der Waals surface area contributed by atoms with Gasteiger partial charge in [0.15, 0.2) is 0 Å². The minimum Gasteiger partial charge on any atom is -0.338 e. The van der Waals surface area contributed by atoms with E-state index < -0.39 is 10.0 Å². The van der Waals surface area contributed by atoms with Gasteiger partial charge in [-0.1, -0.05) is 38.1 Å². The number of nitrogens with zero attached hydrogens (tertiary/aromatic N) is 2. The third kappa shape index (κ3) is 4.16. The van der Waals surface area contributed by atoms with Gasteiger partial charge in [0.1, 0.15) is 0 Å². The summed E-state index contributed by atoms with van der Waals surface area (Å²) in [6.45, 7) is 5.71. The molecule has 1 fully saturated rings. The van der Waals surface area contributed by atoms with Crippen LogP contribution in [-0.4, -0.2) is 39.4 Å². The van der Waals surface area contributed by atoms with E-state index >= 15 is 0 Å². The van der Waals surface area contributed by atoms with E-state index in [0.29, 0.717) is 36.2 Å². The van der Waals surface area contributed by atoms with Gasteiger partial charge in [0.25, 0.3) is 15.9 Å². The number of hydrogen-bond donors (Lipinski definition) is 0. The van der Waals surface area contributed by atoms with Crippen molar-refractivity contribution in [3.05, 3.63) is 60.2 Å². The maximum absolute atomic E-state index is 13.0. The monoisotopic (exact) mass is 386 g/mol. The summed E-state index contributed by atoms with van der Waals surface area (Å²) >= 11 is 0. The number of benzene rings is 2. The second-order valence-electron chi connectivity index (χ2n) is 7.49. The Labute approximate surface area is 161 Å². The molecule has 0 unspecified atom stereocenters. The molecule has 6 heteroatoms. The Bertz CT molecular complexity index is 902. The van der Waals surface area contributed by atoms with Crippen molar-refractivity contribution in [1.29, 1.82) is 0 Å². The molecule has 0 aliphatic carbocycles. The van der Waals surface area contributed by atoms with Gasteiger partial charge < -0.3 is 4.90 Å². The van der Waals surface area contributed by atoms with Gasteiger partial charge in [0.05, 0.1) is 10.6 Å². The van der Waals surface area contributed by atoms with Crippen LogP contribution in [0, 0.1) is 11.8 Å². The number of amides is 1. The molecule has 0 saturated carbocycles. The molecule has 5 nitrogen and oxygen atoms in total. The van der Waals surface area contributed by atoms with Gasteiger partial charge >= 0.3 is 0 Å². The fourth-order valence-corrected chi connectivity index (χ4v) is 4.98. The van der Waals surface area contributed by atoms with Gasteiger partial charge in [-0.3, -0.25) is 9.10 Å². The number of anilines is 1. The lowest BCUT2D eigenvalue weighted by Gasteiger charge is -2.35. The van der Waals surface area contributed by atoms with E-state index in [1.165, 1.54) is 23.5 Å². The second kappa shape index (κ2) is 7.72. The van der Waals surface area contributed by atoms with Crippen LogP contribution in [0.1, 0.15) is 30.6 Å². The minimum atomic E-state index is -3.74. The van der Waals surface area contributed by atoms with Crippen molar-refractivity contribution in [2.75, 3.05) is 24.4 Å². The molecule has 27 heavy (non-hydrogen) atoms. The van der Waals surface area contributed by atoms with Crippen LogP contribution >= 0.6 is 0 Å². The molecule has 1 amide bonds. The van der Waals surface area contributed by atoms with Crippen molar-refractivity contribution >= 4 is 21.6 Å². The largest absolute Gasteiger partial charge is 0.338 e. The zero-order chi connectivity index (χ0) is 19.6. The molecule has 1 saturated heterocycles. The van der Waals surface area contributed by atoms with Crippen LogP contribution in [0.2, 0.25) is 0 Å². The van der Waals surface area contributed by atoms with Crippen molar-refractivity contribution in [2.24, 2.45) is 11.8 Å². The molecule has 2 aromatic carbocycles. The first-order valence-corrected chi connectivity index (χ1v) is 10.7. The van der Waals surface area contributed by atoms with Crippen LogP contribution in [0.4, 0.5) is 5.69 Å². The normalized spacial score (nSPS) is 20.3. The Kier molecular flexibility index (Phi) is 5.56. The molecule has 1 aliphatic heterocycles. The highest BCUT2D eigenvalue weighted by molar-refractivity contribution is 7.92. The van der Waals surface area contributed by atoms with Gasteiger partial charge in [0.2, 0.25) is 0 Å². The van der Waals surface area contributed by atoms with E-state index in [0.717, 1.165) is 6.42 Å². The summed E-state index contributed by atoms with van der Waals surface area (Å²) in [5.41, 5.74) is 0.992. The maximum atomic E-state index is 13.0. The Hall–Kier alpha value is -2.34. The number of carbonyl (C=O) groups excluding carboxylic acids is 1. The number of para-hydroxylation sites is 1. The van der Waals surface area contributed by atoms with E-state index in [-0.39, 0.29) is 10.8 Å². The number of sulfonamides is 1. The zero-order valence-electron chi connectivity index (χ0n) is 16.0. The molecule has 144 valence electrons. The Morgan fingerprint density at radius 2 is 1.63 bits per heavy atom. The van der Waals surface area contributed by atoms with E-state index in [2.05, 4.69) is 13.8 Å². The van der Waals surface area contributed by atoms with Crippen LogP contribution in [-0.2, 0) is 10.0 Å². The topological polar surface area (TPSA) is 57.7 Å². The number of likely N-dealkylation sites (tertiary alicyclic amines) is 1. The smallest absolute Gasteiger partial charge is 0.264 e. The third-order valence-electron chi connectivity index (χ3n) is 5.02. The first-order valence-electron chi connectivity index (χ1n) is 9.22. The second-order valence-corrected chi connectivity index (χ2v) is 9.46. The molecule has 1 heterocycles. The molecule has 0 bridgehead atoms. The van der Waals surface area contributed by atoms with Crippen LogP contribution in [0.3, 0.4) is 0 Å². The van der Waals surface area contributed by atoms with Gasteiger partial charge in [-0.2, -0.15) is 0 Å². The van der Waals surface area contributed by atoms with Crippen LogP contribution in [0.15, 0.2) is 59.5 Å². The van der Waals surface area contributed by atoms with Crippen LogP contribution in [0.25, 0.3) is 0 Å². The number of piperidine rings is 1. The lowest BCUT2D eigenvalue weighted by molar-refractivity contribution is 0.0623. The molecular weight excluding hydrogens is 360 g/mol. The zero-order valence-corrected chi connectivity index (χ0v) is 16.8. The highest BCUT2D eigenvalue weighted by Gasteiger charge is 2.27. The highest BCUT2D eigenvalue weighted by atomic mass is 32.2. The number of rotatable bonds is 4. The molecule has 3 rings (SSSR count). The van der Waals surface area contributed by atoms with Crippen molar-refractivity contribution in [3.8, 4) is 0 Å². The van der Waals surface area contributed by atoms with Gasteiger partial charge in [-0.05, 0) is 48.6 Å². The van der Waals surface area contributed by atoms with Crippen LogP contribution < -0.4 is 4.31 Å². The summed E-state index contributed by atoms with van der Waals surface area (Å²) in [7, 11) is -2.22. The Balaban J connectivity index is 1.88. The molecule has 0 spiro atoms. The van der Waals surface area contributed by atoms with Gasteiger partial charge in [0, 0.05) is 25.7 Å². The number of carbonyl (C=O) groups is 1. The van der Waals surface area contributed by atoms with Crippen molar-refractivity contribution in [2.45, 2.75) is 25.2 Å². The summed E-state index contributed by atoms with van der Waals surface area (Å²) in [6.07, 6.45) is 1.11. The highest BCUT2D eigenvalue weighted by Crippen LogP contribution is 2.25. The van der Waals surface area contributed by atoms with E-state index in [1.54, 1.807) is 36.4 Å². The Morgan fingerprint density at radius 1 is 1.00 bits per heavy atom. The van der Waals surface area contributed by atoms with Crippen LogP contribution in [0.5, 0.6) is 0 Å². The standard InChI is InChI=1S/C21H26N2O3S/c1-16-12-17(2)15-23(14-16)21(24)18-8-7-11-20(13-18)27(25,26)22(3)19-9-5-4-6-10-19/h4-11,13,16-17H,12,14-15H2,1-3H3/t16-,17-/m1/s1. The van der Waals surface area contributed by atoms with Gasteiger partial charge in [-0.25, -0.2) is 8.42 Å². The first-order chi connectivity index (χ1) is 12.8. The summed E-state index contributed by atoms with van der Waals surface area (Å²) in [5, 5.41) is 0. The van der Waals surface area contributed by atoms with Crippen molar-refractivity contribution < 1.29 is 13.2 Å². The molecular formula is C21H26N2O3S. The summed E-state index contributed by atoms with van der Waals surface area (Å²) < 4.78 is 27.2. The first kappa shape index (κ1) is 19.4. The third-order valence-corrected chi connectivity index (χ3v) is 6.80. The number of hydrogen-bond acceptors (Lipinski definition) is 3. The predicted molar refractivity (Wildman–Crippen MR) is 107 cm³/mol. The fraction of sp³-hybridized carbons (Fsp3) is 0.381. The van der Waals surface area contributed by atoms with Gasteiger partial charge in [-0.15, -0.1) is 0 Å². The quantitative estimate of drug-likeness (QED) is 0.806. The molecule has 0 N–H and O–H groups in total. The molecule has 0 aromatic heterocycles. The lowest BCUT2D eigenvalue weighted by atomic mass is 9.91. The summed E-state index contributed by atoms with van der Waals surface area (Å²) in [6, 6.07) is 15.2. The maximum Gasteiger partial charge on any atom is 0.264 e. The molecule has 2 aromatic rings. The van der Waals surface area contributed by atoms with E-state index in [4.69, 9.17) is 0 Å². The minimum absolute atomic E-state index is 0.104. The SMILES string of the molecule is C[C@@H]1C[C@@H](C)CN(C(=O)c2cccc(S(=O)(=O)N(C)c3ccccc3)c2)C1.